The van der Waals surface area contributed by atoms with Gasteiger partial charge in [0.25, 0.3) is 5.56 Å². The lowest BCUT2D eigenvalue weighted by molar-refractivity contribution is 0.0538. The second-order valence-corrected chi connectivity index (χ2v) is 11.9. The summed E-state index contributed by atoms with van der Waals surface area (Å²) in [5.41, 5.74) is 2.37. The van der Waals surface area contributed by atoms with Crippen LogP contribution in [-0.4, -0.2) is 48.0 Å². The van der Waals surface area contributed by atoms with Crippen molar-refractivity contribution in [1.29, 1.82) is 0 Å². The van der Waals surface area contributed by atoms with Crippen LogP contribution in [-0.2, 0) is 16.3 Å². The summed E-state index contributed by atoms with van der Waals surface area (Å²) in [6.45, 7) is 4.66. The molecule has 0 saturated carbocycles. The zero-order valence-electron chi connectivity index (χ0n) is 21.2. The maximum atomic E-state index is 12.8. The summed E-state index contributed by atoms with van der Waals surface area (Å²) < 4.78 is 30.9. The number of carbonyl (C=O) groups is 1. The maximum Gasteiger partial charge on any atom is 0.407 e. The van der Waals surface area contributed by atoms with E-state index < -0.39 is 15.9 Å². The Kier molecular flexibility index (Phi) is 7.73. The first-order chi connectivity index (χ1) is 17.5. The summed E-state index contributed by atoms with van der Waals surface area (Å²) in [7, 11) is -3.32. The van der Waals surface area contributed by atoms with Crippen LogP contribution in [0.25, 0.3) is 5.69 Å². The van der Waals surface area contributed by atoms with Crippen LogP contribution >= 0.6 is 0 Å². The van der Waals surface area contributed by atoms with Crippen molar-refractivity contribution in [3.63, 3.8) is 0 Å². The average Bonchev–Trinajstić information content (AvgIpc) is 2.84. The second kappa shape index (κ2) is 10.8. The number of piperidine rings is 1. The van der Waals surface area contributed by atoms with Crippen LogP contribution in [0.4, 0.5) is 4.79 Å². The third-order valence-corrected chi connectivity index (χ3v) is 7.67. The Morgan fingerprint density at radius 1 is 1.08 bits per heavy atom. The minimum absolute atomic E-state index is 0.182. The van der Waals surface area contributed by atoms with Crippen molar-refractivity contribution in [3.05, 3.63) is 88.3 Å². The standard InChI is InChI=1S/C28H32N2O6S/c1-19(2)16-20-4-6-21(7-5-20)26-17-23(13-15-30(26)28(32)33)36-24-12-14-29(27(31)18-24)22-8-10-25(11-9-22)37(3,34)35/h4-12,14,18-19,23,26H,13,15-17H2,1-3H3,(H,32,33). The molecule has 1 aliphatic heterocycles. The number of benzene rings is 2. The van der Waals surface area contributed by atoms with Gasteiger partial charge in [-0.2, -0.15) is 0 Å². The van der Waals surface area contributed by atoms with E-state index in [1.807, 2.05) is 12.1 Å². The molecule has 4 rings (SSSR count). The Morgan fingerprint density at radius 2 is 1.76 bits per heavy atom. The molecule has 196 valence electrons. The largest absolute Gasteiger partial charge is 0.490 e. The summed E-state index contributed by atoms with van der Waals surface area (Å²) in [4.78, 5) is 26.3. The van der Waals surface area contributed by atoms with Crippen LogP contribution in [0.3, 0.4) is 0 Å². The highest BCUT2D eigenvalue weighted by atomic mass is 32.2. The molecule has 37 heavy (non-hydrogen) atoms. The lowest BCUT2D eigenvalue weighted by Crippen LogP contribution is -2.43. The van der Waals surface area contributed by atoms with Crippen molar-refractivity contribution in [1.82, 2.24) is 9.47 Å². The number of ether oxygens (including phenoxy) is 1. The van der Waals surface area contributed by atoms with E-state index in [0.29, 0.717) is 36.7 Å². The fourth-order valence-corrected chi connectivity index (χ4v) is 5.36. The van der Waals surface area contributed by atoms with Gasteiger partial charge < -0.3 is 14.7 Å². The number of hydrogen-bond donors (Lipinski definition) is 1. The van der Waals surface area contributed by atoms with Crippen molar-refractivity contribution < 1.29 is 23.1 Å². The van der Waals surface area contributed by atoms with Crippen LogP contribution in [0, 0.1) is 5.92 Å². The van der Waals surface area contributed by atoms with Crippen LogP contribution in [0.1, 0.15) is 43.9 Å². The smallest absolute Gasteiger partial charge is 0.407 e. The molecule has 2 unspecified atom stereocenters. The van der Waals surface area contributed by atoms with E-state index in [1.165, 1.54) is 33.2 Å². The monoisotopic (exact) mass is 524 g/mol. The number of rotatable bonds is 7. The molecule has 0 aliphatic carbocycles. The van der Waals surface area contributed by atoms with Crippen LogP contribution in [0.15, 0.2) is 76.6 Å². The van der Waals surface area contributed by atoms with Crippen LogP contribution in [0.2, 0.25) is 0 Å². The van der Waals surface area contributed by atoms with Gasteiger partial charge in [0.05, 0.1) is 10.9 Å². The molecule has 2 heterocycles. The van der Waals surface area contributed by atoms with Gasteiger partial charge in [0.1, 0.15) is 11.9 Å². The molecule has 1 saturated heterocycles. The van der Waals surface area contributed by atoms with Crippen LogP contribution < -0.4 is 10.3 Å². The fourth-order valence-electron chi connectivity index (χ4n) is 4.73. The van der Waals surface area contributed by atoms with Gasteiger partial charge in [-0.15, -0.1) is 0 Å². The summed E-state index contributed by atoms with van der Waals surface area (Å²) >= 11 is 0. The fraction of sp³-hybridized carbons (Fsp3) is 0.357. The highest BCUT2D eigenvalue weighted by Gasteiger charge is 2.33. The summed E-state index contributed by atoms with van der Waals surface area (Å²) in [6.07, 6.45) is 3.47. The van der Waals surface area contributed by atoms with Crippen molar-refractivity contribution >= 4 is 15.9 Å². The quantitative estimate of drug-likeness (QED) is 0.480. The minimum Gasteiger partial charge on any atom is -0.490 e. The van der Waals surface area contributed by atoms with Gasteiger partial charge in [0, 0.05) is 43.6 Å². The van der Waals surface area contributed by atoms with Crippen molar-refractivity contribution in [2.45, 2.75) is 50.2 Å². The molecule has 1 amide bonds. The lowest BCUT2D eigenvalue weighted by atomic mass is 9.92. The highest BCUT2D eigenvalue weighted by molar-refractivity contribution is 7.90. The number of sulfone groups is 1. The number of nitrogens with zero attached hydrogens (tertiary/aromatic N) is 2. The zero-order chi connectivity index (χ0) is 26.7. The molecule has 9 heteroatoms. The zero-order valence-corrected chi connectivity index (χ0v) is 22.0. The second-order valence-electron chi connectivity index (χ2n) is 9.93. The Morgan fingerprint density at radius 3 is 2.32 bits per heavy atom. The number of carboxylic acid groups (broad SMARTS) is 1. The van der Waals surface area contributed by atoms with Crippen LogP contribution in [0.5, 0.6) is 5.75 Å². The number of pyridine rings is 1. The van der Waals surface area contributed by atoms with E-state index in [4.69, 9.17) is 4.74 Å². The molecule has 8 nitrogen and oxygen atoms in total. The van der Waals surface area contributed by atoms with Crippen molar-refractivity contribution in [2.75, 3.05) is 12.8 Å². The number of likely N-dealkylation sites (tertiary alicyclic amines) is 1. The average molecular weight is 525 g/mol. The van der Waals surface area contributed by atoms with E-state index in [9.17, 15) is 23.1 Å². The van der Waals surface area contributed by atoms with Gasteiger partial charge in [0.15, 0.2) is 9.84 Å². The third-order valence-electron chi connectivity index (χ3n) is 6.55. The van der Waals surface area contributed by atoms with Crippen molar-refractivity contribution in [3.8, 4) is 11.4 Å². The molecular weight excluding hydrogens is 492 g/mol. The first-order valence-corrected chi connectivity index (χ1v) is 14.2. The van der Waals surface area contributed by atoms with Crippen molar-refractivity contribution in [2.24, 2.45) is 5.92 Å². The molecular formula is C28H32N2O6S. The molecule has 1 aliphatic rings. The maximum absolute atomic E-state index is 12.8. The minimum atomic E-state index is -3.32. The molecule has 0 spiro atoms. The van der Waals surface area contributed by atoms with Gasteiger partial charge in [-0.25, -0.2) is 13.2 Å². The van der Waals surface area contributed by atoms with E-state index in [-0.39, 0.29) is 22.6 Å². The predicted octanol–water partition coefficient (Wildman–Crippen LogP) is 4.70. The first kappa shape index (κ1) is 26.5. The lowest BCUT2D eigenvalue weighted by Gasteiger charge is -2.38. The van der Waals surface area contributed by atoms with E-state index in [1.54, 1.807) is 24.4 Å². The molecule has 2 aromatic carbocycles. The molecule has 3 aromatic rings. The van der Waals surface area contributed by atoms with Gasteiger partial charge in [-0.1, -0.05) is 38.1 Å². The van der Waals surface area contributed by atoms with E-state index in [0.717, 1.165) is 18.2 Å². The normalized spacial score (nSPS) is 18.1. The molecule has 0 radical (unpaired) electrons. The number of aromatic nitrogens is 1. The SMILES string of the molecule is CC(C)Cc1ccc(C2CC(Oc3ccn(-c4ccc(S(C)(=O)=O)cc4)c(=O)c3)CCN2C(=O)O)cc1. The Labute approximate surface area is 217 Å². The molecule has 1 fully saturated rings. The molecule has 0 bridgehead atoms. The van der Waals surface area contributed by atoms with E-state index in [2.05, 4.69) is 26.0 Å². The summed E-state index contributed by atoms with van der Waals surface area (Å²) in [5.74, 6) is 0.949. The predicted molar refractivity (Wildman–Crippen MR) is 141 cm³/mol. The molecule has 2 atom stereocenters. The van der Waals surface area contributed by atoms with Gasteiger partial charge in [0.2, 0.25) is 0 Å². The Balaban J connectivity index is 1.49. The van der Waals surface area contributed by atoms with Gasteiger partial charge in [-0.05, 0) is 53.8 Å². The Bertz CT molecular complexity index is 1410. The first-order valence-electron chi connectivity index (χ1n) is 12.3. The summed E-state index contributed by atoms with van der Waals surface area (Å²) in [6, 6.07) is 16.9. The Hall–Kier alpha value is -3.59. The third kappa shape index (κ3) is 6.40. The summed E-state index contributed by atoms with van der Waals surface area (Å²) in [5, 5.41) is 9.76. The van der Waals surface area contributed by atoms with E-state index >= 15 is 0 Å². The van der Waals surface area contributed by atoms with Gasteiger partial charge >= 0.3 is 6.09 Å². The number of hydrogen-bond acceptors (Lipinski definition) is 5. The van der Waals surface area contributed by atoms with Gasteiger partial charge in [-0.3, -0.25) is 9.36 Å². The highest BCUT2D eigenvalue weighted by Crippen LogP contribution is 2.33. The number of amides is 1. The molecule has 1 N–H and O–H groups in total. The topological polar surface area (TPSA) is 106 Å². The molecule has 1 aromatic heterocycles.